The molecule has 9 heteroatoms. The summed E-state index contributed by atoms with van der Waals surface area (Å²) in [7, 11) is 0. The van der Waals surface area contributed by atoms with Crippen LogP contribution in [0.25, 0.3) is 0 Å². The lowest BCUT2D eigenvalue weighted by molar-refractivity contribution is -0.696. The number of hydrogen-bond acceptors (Lipinski definition) is 6. The summed E-state index contributed by atoms with van der Waals surface area (Å²) in [6, 6.07) is 0. The molecule has 1 amide bonds. The minimum Gasteiger partial charge on any atom is -0.743 e. The standard InChI is InChI=1S/C2H4N5O4/c3-5-2(8)1-4(6(5)9)7(10)11/h1,3H2/q-1. The van der Waals surface area contributed by atoms with Gasteiger partial charge in [-0.05, 0) is 5.12 Å². The van der Waals surface area contributed by atoms with Crippen LogP contribution in [0.5, 0.6) is 0 Å². The molecule has 0 aromatic rings. The molecule has 0 aliphatic carbocycles. The molecule has 0 radical (unpaired) electrons. The number of carbonyl (C=O) groups is 1. The van der Waals surface area contributed by atoms with Crippen LogP contribution in [0.4, 0.5) is 0 Å². The summed E-state index contributed by atoms with van der Waals surface area (Å²) in [5.41, 5.74) is 0. The average molecular weight is 162 g/mol. The molecule has 62 valence electrons. The minimum absolute atomic E-state index is 0.0579. The number of hydrazine groups is 4. The van der Waals surface area contributed by atoms with E-state index in [4.69, 9.17) is 5.84 Å². The Morgan fingerprint density at radius 1 is 1.64 bits per heavy atom. The maximum absolute atomic E-state index is 10.5. The van der Waals surface area contributed by atoms with E-state index in [0.717, 1.165) is 0 Å². The van der Waals surface area contributed by atoms with Gasteiger partial charge in [0, 0.05) is 0 Å². The second-order valence-electron chi connectivity index (χ2n) is 1.76. The van der Waals surface area contributed by atoms with E-state index in [9.17, 15) is 20.1 Å². The molecule has 1 rings (SSSR count). The zero-order chi connectivity index (χ0) is 8.59. The molecule has 0 spiro atoms. The van der Waals surface area contributed by atoms with E-state index in [1.54, 1.807) is 0 Å². The van der Waals surface area contributed by atoms with E-state index >= 15 is 0 Å². The monoisotopic (exact) mass is 162 g/mol. The summed E-state index contributed by atoms with van der Waals surface area (Å²) < 4.78 is 0. The van der Waals surface area contributed by atoms with Crippen molar-refractivity contribution in [3.05, 3.63) is 15.3 Å². The van der Waals surface area contributed by atoms with Gasteiger partial charge in [-0.25, -0.2) is 16.0 Å². The van der Waals surface area contributed by atoms with Crippen molar-refractivity contribution in [1.29, 1.82) is 0 Å². The van der Waals surface area contributed by atoms with Gasteiger partial charge in [0.05, 0.1) is 0 Å². The molecule has 0 atom stereocenters. The molecule has 1 aliphatic heterocycles. The number of nitrogens with zero attached hydrogens (tertiary/aromatic N) is 4. The Balaban J connectivity index is 2.74. The van der Waals surface area contributed by atoms with E-state index < -0.39 is 17.5 Å². The number of amides is 1. The molecule has 1 aliphatic rings. The molecule has 1 fully saturated rings. The molecule has 0 bridgehead atoms. The Morgan fingerprint density at radius 3 is 2.36 bits per heavy atom. The van der Waals surface area contributed by atoms with Gasteiger partial charge in [0.2, 0.25) is 0 Å². The highest BCUT2D eigenvalue weighted by Gasteiger charge is 2.34. The molecule has 0 aromatic heterocycles. The maximum atomic E-state index is 10.5. The predicted octanol–water partition coefficient (Wildman–Crippen LogP) is -2.17. The summed E-state index contributed by atoms with van der Waals surface area (Å²) in [4.78, 5) is 20.5. The Morgan fingerprint density at radius 2 is 2.18 bits per heavy atom. The summed E-state index contributed by atoms with van der Waals surface area (Å²) >= 11 is 0. The van der Waals surface area contributed by atoms with Crippen molar-refractivity contribution in [1.82, 2.24) is 15.5 Å². The first kappa shape index (κ1) is 7.65. The van der Waals surface area contributed by atoms with Crippen molar-refractivity contribution < 1.29 is 9.83 Å². The van der Waals surface area contributed by atoms with Gasteiger partial charge >= 0.3 is 0 Å². The third-order valence-corrected chi connectivity index (χ3v) is 1.10. The van der Waals surface area contributed by atoms with Gasteiger partial charge in [-0.2, -0.15) is 5.12 Å². The Kier molecular flexibility index (Phi) is 1.60. The average Bonchev–Trinajstić information content (AvgIpc) is 2.17. The van der Waals surface area contributed by atoms with Crippen LogP contribution in [-0.4, -0.2) is 33.0 Å². The van der Waals surface area contributed by atoms with Crippen molar-refractivity contribution in [3.8, 4) is 0 Å². The maximum Gasteiger partial charge on any atom is 0.279 e. The third-order valence-electron chi connectivity index (χ3n) is 1.10. The Labute approximate surface area is 60.2 Å². The van der Waals surface area contributed by atoms with Crippen molar-refractivity contribution >= 4 is 5.91 Å². The number of hydrogen-bond donors (Lipinski definition) is 1. The van der Waals surface area contributed by atoms with Crippen LogP contribution in [0.3, 0.4) is 0 Å². The molecule has 1 saturated heterocycles. The van der Waals surface area contributed by atoms with E-state index in [1.165, 1.54) is 0 Å². The number of rotatable bonds is 1. The lowest BCUT2D eigenvalue weighted by atomic mass is 10.6. The molecule has 2 N–H and O–H groups in total. The van der Waals surface area contributed by atoms with Gasteiger partial charge in [-0.3, -0.25) is 4.79 Å². The first-order valence-electron chi connectivity index (χ1n) is 2.50. The molecule has 0 aromatic carbocycles. The molecule has 1 heterocycles. The zero-order valence-electron chi connectivity index (χ0n) is 5.21. The summed E-state index contributed by atoms with van der Waals surface area (Å²) in [6.07, 6.45) is 0. The Bertz CT molecular complexity index is 205. The minimum atomic E-state index is -1.02. The van der Waals surface area contributed by atoms with Gasteiger partial charge in [-0.1, -0.05) is 0 Å². The number of carbonyl (C=O) groups excluding carboxylic acids is 1. The fraction of sp³-hybridized carbons (Fsp3) is 0.500. The van der Waals surface area contributed by atoms with Gasteiger partial charge in [0.25, 0.3) is 5.91 Å². The van der Waals surface area contributed by atoms with Crippen molar-refractivity contribution in [3.63, 3.8) is 0 Å². The number of nitrogens with two attached hydrogens (primary N) is 1. The molecular formula is C2H4N5O4-. The lowest BCUT2D eigenvalue weighted by Gasteiger charge is -2.28. The van der Waals surface area contributed by atoms with Crippen LogP contribution < -0.4 is 5.84 Å². The normalized spacial score (nSPS) is 19.6. The van der Waals surface area contributed by atoms with Gasteiger partial charge in [0.15, 0.2) is 11.6 Å². The van der Waals surface area contributed by atoms with E-state index in [1.807, 2.05) is 0 Å². The molecule has 11 heavy (non-hydrogen) atoms. The van der Waals surface area contributed by atoms with E-state index in [0.29, 0.717) is 0 Å². The van der Waals surface area contributed by atoms with Crippen LogP contribution in [-0.2, 0) is 4.79 Å². The molecular weight excluding hydrogens is 158 g/mol. The Hall–Kier alpha value is -1.45. The first-order chi connectivity index (χ1) is 5.04. The second-order valence-corrected chi connectivity index (χ2v) is 1.76. The lowest BCUT2D eigenvalue weighted by Crippen LogP contribution is -2.46. The van der Waals surface area contributed by atoms with Gasteiger partial charge in [-0.15, -0.1) is 5.28 Å². The SMILES string of the molecule is NN1C(=O)CN([N+](=O)[O-])N1[O-]. The topological polar surface area (TPSA) is 119 Å². The predicted molar refractivity (Wildman–Crippen MR) is 29.9 cm³/mol. The third kappa shape index (κ3) is 1.07. The quantitative estimate of drug-likeness (QED) is 0.201. The van der Waals surface area contributed by atoms with Crippen LogP contribution in [0.15, 0.2) is 0 Å². The van der Waals surface area contributed by atoms with Crippen molar-refractivity contribution in [2.24, 2.45) is 5.84 Å². The van der Waals surface area contributed by atoms with Crippen molar-refractivity contribution in [2.75, 3.05) is 6.54 Å². The molecule has 9 nitrogen and oxygen atoms in total. The van der Waals surface area contributed by atoms with Gasteiger partial charge < -0.3 is 5.21 Å². The smallest absolute Gasteiger partial charge is 0.279 e. The largest absolute Gasteiger partial charge is 0.743 e. The fourth-order valence-electron chi connectivity index (χ4n) is 0.581. The second kappa shape index (κ2) is 2.30. The van der Waals surface area contributed by atoms with E-state index in [2.05, 4.69) is 0 Å². The summed E-state index contributed by atoms with van der Waals surface area (Å²) in [5, 5.41) is 19.3. The highest BCUT2D eigenvalue weighted by Crippen LogP contribution is 2.06. The first-order valence-corrected chi connectivity index (χ1v) is 2.50. The molecule has 0 unspecified atom stereocenters. The van der Waals surface area contributed by atoms with Crippen molar-refractivity contribution in [2.45, 2.75) is 0 Å². The fourth-order valence-corrected chi connectivity index (χ4v) is 0.581. The van der Waals surface area contributed by atoms with Crippen LogP contribution >= 0.6 is 0 Å². The van der Waals surface area contributed by atoms with Crippen LogP contribution in [0.2, 0.25) is 0 Å². The zero-order valence-corrected chi connectivity index (χ0v) is 5.21. The highest BCUT2D eigenvalue weighted by molar-refractivity contribution is 5.78. The number of nitro groups is 1. The van der Waals surface area contributed by atoms with Gasteiger partial charge in [0.1, 0.15) is 0 Å². The van der Waals surface area contributed by atoms with Crippen LogP contribution in [0.1, 0.15) is 0 Å². The molecule has 0 saturated carbocycles. The highest BCUT2D eigenvalue weighted by atomic mass is 16.8. The summed E-state index contributed by atoms with van der Waals surface area (Å²) in [6.45, 7) is -0.632. The van der Waals surface area contributed by atoms with E-state index in [-0.39, 0.29) is 15.5 Å². The van der Waals surface area contributed by atoms with Crippen LogP contribution in [0, 0.1) is 15.3 Å². The summed E-state index contributed by atoms with van der Waals surface area (Å²) in [5.74, 6) is 3.98.